The lowest BCUT2D eigenvalue weighted by atomic mass is 9.92. The SMILES string of the molecule is Cc1cc2c(cc1C(=O)N1CCCC3(CNC(=O)O3)C1)OCCO2. The first-order chi connectivity index (χ1) is 11.6. The van der Waals surface area contributed by atoms with E-state index in [-0.39, 0.29) is 5.91 Å². The summed E-state index contributed by atoms with van der Waals surface area (Å²) >= 11 is 0. The van der Waals surface area contributed by atoms with Crippen molar-refractivity contribution in [1.82, 2.24) is 10.2 Å². The van der Waals surface area contributed by atoms with Gasteiger partial charge < -0.3 is 24.4 Å². The molecule has 7 nitrogen and oxygen atoms in total. The van der Waals surface area contributed by atoms with Crippen molar-refractivity contribution in [1.29, 1.82) is 0 Å². The molecule has 3 aliphatic rings. The van der Waals surface area contributed by atoms with Gasteiger partial charge in [-0.25, -0.2) is 4.79 Å². The minimum Gasteiger partial charge on any atom is -0.486 e. The van der Waals surface area contributed by atoms with Gasteiger partial charge >= 0.3 is 6.09 Å². The van der Waals surface area contributed by atoms with Crippen molar-refractivity contribution < 1.29 is 23.8 Å². The Labute approximate surface area is 139 Å². The van der Waals surface area contributed by atoms with Gasteiger partial charge in [-0.2, -0.15) is 0 Å². The molecule has 0 aliphatic carbocycles. The maximum atomic E-state index is 13.0. The van der Waals surface area contributed by atoms with Crippen molar-refractivity contribution in [2.45, 2.75) is 25.4 Å². The number of carbonyl (C=O) groups excluding carboxylic acids is 2. The molecule has 0 saturated carbocycles. The highest BCUT2D eigenvalue weighted by Crippen LogP contribution is 2.35. The molecule has 1 spiro atoms. The van der Waals surface area contributed by atoms with Crippen LogP contribution in [0.1, 0.15) is 28.8 Å². The minimum atomic E-state index is -0.591. The molecule has 2 amide bonds. The van der Waals surface area contributed by atoms with Gasteiger partial charge in [0.1, 0.15) is 18.8 Å². The molecule has 0 radical (unpaired) electrons. The molecule has 3 aliphatic heterocycles. The molecule has 1 atom stereocenters. The van der Waals surface area contributed by atoms with Gasteiger partial charge in [-0.3, -0.25) is 4.79 Å². The number of carbonyl (C=O) groups is 2. The number of likely N-dealkylation sites (tertiary alicyclic amines) is 1. The maximum absolute atomic E-state index is 13.0. The number of aryl methyl sites for hydroxylation is 1. The number of ether oxygens (including phenoxy) is 3. The average molecular weight is 332 g/mol. The Bertz CT molecular complexity index is 704. The van der Waals surface area contributed by atoms with Crippen LogP contribution in [0.2, 0.25) is 0 Å². The molecule has 0 aromatic heterocycles. The van der Waals surface area contributed by atoms with E-state index in [1.165, 1.54) is 0 Å². The Morgan fingerprint density at radius 2 is 2.00 bits per heavy atom. The second-order valence-corrected chi connectivity index (χ2v) is 6.57. The largest absolute Gasteiger partial charge is 0.486 e. The van der Waals surface area contributed by atoms with Gasteiger partial charge in [0, 0.05) is 12.1 Å². The first kappa shape index (κ1) is 15.1. The molecular weight excluding hydrogens is 312 g/mol. The number of benzene rings is 1. The zero-order valence-electron chi connectivity index (χ0n) is 13.6. The smallest absolute Gasteiger partial charge is 0.407 e. The van der Waals surface area contributed by atoms with Gasteiger partial charge in [-0.15, -0.1) is 0 Å². The van der Waals surface area contributed by atoms with Crippen LogP contribution < -0.4 is 14.8 Å². The van der Waals surface area contributed by atoms with Crippen molar-refractivity contribution >= 4 is 12.0 Å². The third kappa shape index (κ3) is 2.53. The summed E-state index contributed by atoms with van der Waals surface area (Å²) in [5, 5.41) is 2.70. The number of nitrogens with one attached hydrogen (secondary N) is 1. The fraction of sp³-hybridized carbons (Fsp3) is 0.529. The summed E-state index contributed by atoms with van der Waals surface area (Å²) in [5.74, 6) is 1.22. The van der Waals surface area contributed by atoms with E-state index < -0.39 is 11.7 Å². The highest BCUT2D eigenvalue weighted by Gasteiger charge is 2.45. The molecule has 7 heteroatoms. The van der Waals surface area contributed by atoms with E-state index in [1.54, 1.807) is 11.0 Å². The van der Waals surface area contributed by atoms with E-state index in [0.29, 0.717) is 49.9 Å². The monoisotopic (exact) mass is 332 g/mol. The van der Waals surface area contributed by atoms with Crippen molar-refractivity contribution in [2.75, 3.05) is 32.8 Å². The standard InChI is InChI=1S/C17H20N2O5/c1-11-7-13-14(23-6-5-22-13)8-12(11)15(20)19-4-2-3-17(10-19)9-18-16(21)24-17/h7-8H,2-6,9-10H2,1H3,(H,18,21). The summed E-state index contributed by atoms with van der Waals surface area (Å²) < 4.78 is 16.6. The number of amides is 2. The molecule has 3 heterocycles. The quantitative estimate of drug-likeness (QED) is 0.843. The molecule has 128 valence electrons. The lowest BCUT2D eigenvalue weighted by Crippen LogP contribution is -2.52. The predicted octanol–water partition coefficient (Wildman–Crippen LogP) is 1.48. The molecule has 2 saturated heterocycles. The molecule has 1 unspecified atom stereocenters. The highest BCUT2D eigenvalue weighted by atomic mass is 16.6. The highest BCUT2D eigenvalue weighted by molar-refractivity contribution is 5.96. The summed E-state index contributed by atoms with van der Waals surface area (Å²) in [6, 6.07) is 3.60. The molecular formula is C17H20N2O5. The number of rotatable bonds is 1. The number of nitrogens with zero attached hydrogens (tertiary/aromatic N) is 1. The van der Waals surface area contributed by atoms with Gasteiger partial charge in [0.25, 0.3) is 5.91 Å². The van der Waals surface area contributed by atoms with E-state index in [9.17, 15) is 9.59 Å². The Balaban J connectivity index is 1.58. The van der Waals surface area contributed by atoms with Gasteiger partial charge in [0.15, 0.2) is 11.5 Å². The minimum absolute atomic E-state index is 0.0634. The van der Waals surface area contributed by atoms with Gasteiger partial charge in [0.2, 0.25) is 0 Å². The summed E-state index contributed by atoms with van der Waals surface area (Å²) in [4.78, 5) is 26.2. The van der Waals surface area contributed by atoms with Crippen molar-refractivity contribution in [3.63, 3.8) is 0 Å². The van der Waals surface area contributed by atoms with Crippen LogP contribution in [0, 0.1) is 6.92 Å². The molecule has 1 aromatic carbocycles. The van der Waals surface area contributed by atoms with Crippen LogP contribution in [-0.4, -0.2) is 55.3 Å². The van der Waals surface area contributed by atoms with E-state index in [2.05, 4.69) is 5.32 Å². The Morgan fingerprint density at radius 3 is 2.71 bits per heavy atom. The van der Waals surface area contributed by atoms with E-state index in [0.717, 1.165) is 18.4 Å². The van der Waals surface area contributed by atoms with E-state index in [4.69, 9.17) is 14.2 Å². The third-order valence-electron chi connectivity index (χ3n) is 4.81. The molecule has 1 aromatic rings. The first-order valence-corrected chi connectivity index (χ1v) is 8.23. The molecule has 0 bridgehead atoms. The lowest BCUT2D eigenvalue weighted by Gasteiger charge is -2.38. The van der Waals surface area contributed by atoms with Crippen molar-refractivity contribution in [2.24, 2.45) is 0 Å². The summed E-state index contributed by atoms with van der Waals surface area (Å²) in [6.07, 6.45) is 1.18. The molecule has 4 rings (SSSR count). The van der Waals surface area contributed by atoms with Crippen LogP contribution in [0.25, 0.3) is 0 Å². The van der Waals surface area contributed by atoms with Crippen LogP contribution in [0.3, 0.4) is 0 Å². The number of piperidine rings is 1. The fourth-order valence-electron chi connectivity index (χ4n) is 3.59. The average Bonchev–Trinajstić information content (AvgIpc) is 2.93. The maximum Gasteiger partial charge on any atom is 0.407 e. The van der Waals surface area contributed by atoms with Crippen molar-refractivity contribution in [3.8, 4) is 11.5 Å². The topological polar surface area (TPSA) is 77.1 Å². The van der Waals surface area contributed by atoms with Gasteiger partial charge in [-0.1, -0.05) is 0 Å². The van der Waals surface area contributed by atoms with Crippen molar-refractivity contribution in [3.05, 3.63) is 23.3 Å². The van der Waals surface area contributed by atoms with Crippen LogP contribution >= 0.6 is 0 Å². The van der Waals surface area contributed by atoms with Crippen LogP contribution in [0.4, 0.5) is 4.79 Å². The summed E-state index contributed by atoms with van der Waals surface area (Å²) in [7, 11) is 0. The summed E-state index contributed by atoms with van der Waals surface area (Å²) in [6.45, 7) is 4.42. The van der Waals surface area contributed by atoms with E-state index >= 15 is 0 Å². The predicted molar refractivity (Wildman–Crippen MR) is 84.5 cm³/mol. The second-order valence-electron chi connectivity index (χ2n) is 6.57. The Morgan fingerprint density at radius 1 is 1.25 bits per heavy atom. The first-order valence-electron chi connectivity index (χ1n) is 8.23. The van der Waals surface area contributed by atoms with Crippen LogP contribution in [-0.2, 0) is 4.74 Å². The number of fused-ring (bicyclic) bond motifs is 1. The molecule has 2 fully saturated rings. The Hall–Kier alpha value is -2.44. The molecule has 1 N–H and O–H groups in total. The fourth-order valence-corrected chi connectivity index (χ4v) is 3.59. The van der Waals surface area contributed by atoms with Crippen LogP contribution in [0.5, 0.6) is 11.5 Å². The zero-order chi connectivity index (χ0) is 16.7. The number of hydrogen-bond donors (Lipinski definition) is 1. The Kier molecular flexibility index (Phi) is 3.51. The molecule has 24 heavy (non-hydrogen) atoms. The van der Waals surface area contributed by atoms with Crippen LogP contribution in [0.15, 0.2) is 12.1 Å². The third-order valence-corrected chi connectivity index (χ3v) is 4.81. The van der Waals surface area contributed by atoms with Gasteiger partial charge in [0.05, 0.1) is 13.1 Å². The zero-order valence-corrected chi connectivity index (χ0v) is 13.6. The van der Waals surface area contributed by atoms with Gasteiger partial charge in [-0.05, 0) is 37.5 Å². The normalized spacial score (nSPS) is 25.4. The number of hydrogen-bond acceptors (Lipinski definition) is 5. The summed E-state index contributed by atoms with van der Waals surface area (Å²) in [5.41, 5.74) is 0.867. The number of alkyl carbamates (subject to hydrolysis) is 1. The van der Waals surface area contributed by atoms with E-state index in [1.807, 2.05) is 13.0 Å². The second kappa shape index (κ2) is 5.58. The lowest BCUT2D eigenvalue weighted by molar-refractivity contribution is -0.00508.